The Bertz CT molecular complexity index is 1470. The van der Waals surface area contributed by atoms with Gasteiger partial charge in [0.15, 0.2) is 16.7 Å². The van der Waals surface area contributed by atoms with Crippen molar-refractivity contribution < 1.29 is 19.1 Å². The average Bonchev–Trinajstić information content (AvgIpc) is 3.54. The Labute approximate surface area is 228 Å². The quantitative estimate of drug-likeness (QED) is 0.447. The van der Waals surface area contributed by atoms with Gasteiger partial charge in [0.2, 0.25) is 12.7 Å². The van der Waals surface area contributed by atoms with Gasteiger partial charge in [0, 0.05) is 29.3 Å². The molecule has 0 saturated heterocycles. The summed E-state index contributed by atoms with van der Waals surface area (Å²) in [6, 6.07) is 20.2. The van der Waals surface area contributed by atoms with Crippen molar-refractivity contribution in [1.29, 1.82) is 0 Å². The number of fused-ring (bicyclic) bond motifs is 4. The minimum atomic E-state index is -0.645. The van der Waals surface area contributed by atoms with Crippen LogP contribution in [0.1, 0.15) is 29.5 Å². The van der Waals surface area contributed by atoms with Crippen molar-refractivity contribution in [2.45, 2.75) is 31.2 Å². The lowest BCUT2D eigenvalue weighted by molar-refractivity contribution is -0.125. The van der Waals surface area contributed by atoms with Crippen LogP contribution >= 0.6 is 23.4 Å². The number of para-hydroxylation sites is 1. The normalized spacial score (nSPS) is 17.0. The van der Waals surface area contributed by atoms with Gasteiger partial charge < -0.3 is 14.8 Å². The summed E-state index contributed by atoms with van der Waals surface area (Å²) >= 11 is 7.48. The van der Waals surface area contributed by atoms with Crippen molar-refractivity contribution in [3.05, 3.63) is 88.4 Å². The molecule has 0 spiro atoms. The minimum absolute atomic E-state index is 0.146. The topological polar surface area (TPSA) is 92.6 Å². The standard InChI is InChI=1S/C28H23ClN4O4S/c29-19-8-5-17(6-9-19)15-38-28-32-21-4-2-1-3-20(21)26-31-22(27(35)33(26)28)10-12-25(34)30-14-18-7-11-23-24(13-18)37-16-36-23/h1-9,11,13,22H,10,12,14-16H2,(H,30,34)/t22-/m1/s1. The van der Waals surface area contributed by atoms with Gasteiger partial charge in [-0.25, -0.2) is 9.89 Å². The maximum absolute atomic E-state index is 13.5. The van der Waals surface area contributed by atoms with Crippen molar-refractivity contribution in [2.75, 3.05) is 6.79 Å². The highest BCUT2D eigenvalue weighted by Crippen LogP contribution is 2.35. The molecule has 2 amide bonds. The number of halogens is 1. The SMILES string of the molecule is O=C(CC[C@H]1N=C2c3ccccc3N=C(SCc3ccc(Cl)cc3)N2C1=O)NCc1ccc2c(c1)OCO2. The molecule has 0 saturated carbocycles. The largest absolute Gasteiger partial charge is 0.454 e. The van der Waals surface area contributed by atoms with Crippen molar-refractivity contribution in [3.63, 3.8) is 0 Å². The summed E-state index contributed by atoms with van der Waals surface area (Å²) in [7, 11) is 0. The summed E-state index contributed by atoms with van der Waals surface area (Å²) < 4.78 is 10.7. The van der Waals surface area contributed by atoms with Gasteiger partial charge in [0.05, 0.1) is 5.69 Å². The number of aliphatic imine (C=N–C) groups is 2. The zero-order valence-corrected chi connectivity index (χ0v) is 21.8. The van der Waals surface area contributed by atoms with E-state index in [1.165, 1.54) is 11.8 Å². The number of amidine groups is 2. The second-order valence-electron chi connectivity index (χ2n) is 8.97. The number of ether oxygens (including phenoxy) is 2. The minimum Gasteiger partial charge on any atom is -0.454 e. The molecule has 0 radical (unpaired) electrons. The first-order valence-electron chi connectivity index (χ1n) is 12.2. The van der Waals surface area contributed by atoms with E-state index in [1.807, 2.05) is 66.7 Å². The molecular formula is C28H23ClN4O4S. The Balaban J connectivity index is 1.11. The molecule has 1 N–H and O–H groups in total. The van der Waals surface area contributed by atoms with E-state index in [0.717, 1.165) is 22.4 Å². The number of benzene rings is 3. The summed E-state index contributed by atoms with van der Waals surface area (Å²) in [5.41, 5.74) is 3.57. The lowest BCUT2D eigenvalue weighted by atomic mass is 10.1. The van der Waals surface area contributed by atoms with Crippen molar-refractivity contribution in [3.8, 4) is 11.5 Å². The second kappa shape index (κ2) is 10.5. The maximum Gasteiger partial charge on any atom is 0.259 e. The third-order valence-corrected chi connectivity index (χ3v) is 7.66. The molecule has 0 fully saturated rings. The van der Waals surface area contributed by atoms with Crippen LogP contribution in [0.3, 0.4) is 0 Å². The third-order valence-electron chi connectivity index (χ3n) is 6.40. The van der Waals surface area contributed by atoms with Gasteiger partial charge in [0.25, 0.3) is 5.91 Å². The molecule has 0 bridgehead atoms. The molecule has 192 valence electrons. The van der Waals surface area contributed by atoms with Gasteiger partial charge in [0.1, 0.15) is 11.9 Å². The molecule has 6 rings (SSSR count). The molecule has 3 aliphatic heterocycles. The summed E-state index contributed by atoms with van der Waals surface area (Å²) in [6.07, 6.45) is 0.487. The number of carbonyl (C=O) groups is 2. The maximum atomic E-state index is 13.5. The lowest BCUT2D eigenvalue weighted by Gasteiger charge is -2.25. The van der Waals surface area contributed by atoms with Crippen LogP contribution in [-0.4, -0.2) is 40.6 Å². The smallest absolute Gasteiger partial charge is 0.259 e. The van der Waals surface area contributed by atoms with Gasteiger partial charge in [-0.1, -0.05) is 53.7 Å². The molecular weight excluding hydrogens is 524 g/mol. The van der Waals surface area contributed by atoms with E-state index in [-0.39, 0.29) is 25.0 Å². The molecule has 3 aromatic carbocycles. The van der Waals surface area contributed by atoms with Gasteiger partial charge in [-0.05, 0) is 53.9 Å². The first-order valence-corrected chi connectivity index (χ1v) is 13.5. The Morgan fingerprint density at radius 3 is 2.71 bits per heavy atom. The van der Waals surface area contributed by atoms with Crippen LogP contribution in [0.2, 0.25) is 5.02 Å². The van der Waals surface area contributed by atoms with E-state index in [0.29, 0.717) is 46.2 Å². The summed E-state index contributed by atoms with van der Waals surface area (Å²) in [4.78, 5) is 37.2. The van der Waals surface area contributed by atoms with Crippen molar-refractivity contribution in [1.82, 2.24) is 10.2 Å². The van der Waals surface area contributed by atoms with Crippen molar-refractivity contribution >= 4 is 51.9 Å². The number of nitrogens with zero attached hydrogens (tertiary/aromatic N) is 3. The van der Waals surface area contributed by atoms with Crippen LogP contribution in [0.4, 0.5) is 5.69 Å². The Hall–Kier alpha value is -3.82. The predicted octanol–water partition coefficient (Wildman–Crippen LogP) is 5.06. The molecule has 1 atom stereocenters. The van der Waals surface area contributed by atoms with E-state index in [4.69, 9.17) is 31.1 Å². The zero-order valence-electron chi connectivity index (χ0n) is 20.2. The van der Waals surface area contributed by atoms with E-state index >= 15 is 0 Å². The number of thioether (sulfide) groups is 1. The van der Waals surface area contributed by atoms with Crippen LogP contribution in [0.25, 0.3) is 0 Å². The second-order valence-corrected chi connectivity index (χ2v) is 10.4. The summed E-state index contributed by atoms with van der Waals surface area (Å²) in [6.45, 7) is 0.566. The number of amides is 2. The molecule has 0 unspecified atom stereocenters. The van der Waals surface area contributed by atoms with Crippen LogP contribution in [0, 0.1) is 0 Å². The van der Waals surface area contributed by atoms with Crippen LogP contribution in [-0.2, 0) is 21.9 Å². The highest BCUT2D eigenvalue weighted by atomic mass is 35.5. The molecule has 0 aliphatic carbocycles. The van der Waals surface area contributed by atoms with Gasteiger partial charge in [-0.15, -0.1) is 0 Å². The summed E-state index contributed by atoms with van der Waals surface area (Å²) in [5.74, 6) is 2.28. The van der Waals surface area contributed by atoms with Crippen molar-refractivity contribution in [2.24, 2.45) is 9.98 Å². The molecule has 8 nitrogen and oxygen atoms in total. The van der Waals surface area contributed by atoms with Gasteiger partial charge in [-0.3, -0.25) is 14.6 Å². The highest BCUT2D eigenvalue weighted by molar-refractivity contribution is 8.13. The Morgan fingerprint density at radius 2 is 1.84 bits per heavy atom. The lowest BCUT2D eigenvalue weighted by Crippen LogP contribution is -2.41. The van der Waals surface area contributed by atoms with E-state index in [1.54, 1.807) is 4.90 Å². The molecule has 3 heterocycles. The number of carbonyl (C=O) groups excluding carboxylic acids is 2. The fraction of sp³-hybridized carbons (Fsp3) is 0.214. The Kier molecular flexibility index (Phi) is 6.78. The average molecular weight is 547 g/mol. The third kappa shape index (κ3) is 4.99. The van der Waals surface area contributed by atoms with Crippen LogP contribution in [0.15, 0.2) is 76.7 Å². The number of rotatable bonds is 7. The van der Waals surface area contributed by atoms with Crippen LogP contribution in [0.5, 0.6) is 11.5 Å². The molecule has 10 heteroatoms. The molecule has 3 aromatic rings. The monoisotopic (exact) mass is 546 g/mol. The van der Waals surface area contributed by atoms with Gasteiger partial charge in [-0.2, -0.15) is 0 Å². The molecule has 3 aliphatic rings. The van der Waals surface area contributed by atoms with E-state index in [9.17, 15) is 9.59 Å². The zero-order chi connectivity index (χ0) is 26.1. The fourth-order valence-corrected chi connectivity index (χ4v) is 5.51. The summed E-state index contributed by atoms with van der Waals surface area (Å²) in [5, 5.41) is 4.17. The van der Waals surface area contributed by atoms with E-state index < -0.39 is 6.04 Å². The number of nitrogens with one attached hydrogen (secondary N) is 1. The highest BCUT2D eigenvalue weighted by Gasteiger charge is 2.41. The molecule has 38 heavy (non-hydrogen) atoms. The van der Waals surface area contributed by atoms with Gasteiger partial charge >= 0.3 is 0 Å². The van der Waals surface area contributed by atoms with Crippen LogP contribution < -0.4 is 14.8 Å². The Morgan fingerprint density at radius 1 is 1.05 bits per heavy atom. The fourth-order valence-electron chi connectivity index (χ4n) is 4.42. The first kappa shape index (κ1) is 24.5. The van der Waals surface area contributed by atoms with E-state index in [2.05, 4.69) is 5.32 Å². The number of hydrogen-bond acceptors (Lipinski definition) is 7. The first-order chi connectivity index (χ1) is 18.5. The molecule has 0 aromatic heterocycles. The predicted molar refractivity (Wildman–Crippen MR) is 147 cm³/mol. The number of hydrogen-bond donors (Lipinski definition) is 1.